The fraction of sp³-hybridized carbons (Fsp3) is 0.500. The van der Waals surface area contributed by atoms with Gasteiger partial charge in [0.05, 0.1) is 32.8 Å². The van der Waals surface area contributed by atoms with E-state index in [0.717, 1.165) is 0 Å². The van der Waals surface area contributed by atoms with Gasteiger partial charge in [-0.1, -0.05) is 12.1 Å². The molecular weight excluding hydrogens is 328 g/mol. The molecule has 2 rings (SSSR count). The van der Waals surface area contributed by atoms with Gasteiger partial charge >= 0.3 is 11.9 Å². The Balaban J connectivity index is 2.61. The third-order valence-electron chi connectivity index (χ3n) is 4.68. The van der Waals surface area contributed by atoms with Crippen LogP contribution in [0.4, 0.5) is 0 Å². The van der Waals surface area contributed by atoms with Gasteiger partial charge in [0.2, 0.25) is 0 Å². The molecule has 0 spiro atoms. The minimum absolute atomic E-state index is 0.334. The van der Waals surface area contributed by atoms with E-state index < -0.39 is 41.1 Å². The number of rotatable bonds is 4. The number of hydrogen-bond donors (Lipinski definition) is 1. The molecule has 0 aromatic heterocycles. The van der Waals surface area contributed by atoms with Gasteiger partial charge in [-0.3, -0.25) is 14.4 Å². The van der Waals surface area contributed by atoms with E-state index in [1.54, 1.807) is 24.3 Å². The summed E-state index contributed by atoms with van der Waals surface area (Å²) >= 11 is 0. The Morgan fingerprint density at radius 2 is 1.64 bits per heavy atom. The summed E-state index contributed by atoms with van der Waals surface area (Å²) in [7, 11) is 3.89. The smallest absolute Gasteiger partial charge is 0.316 e. The van der Waals surface area contributed by atoms with Gasteiger partial charge < -0.3 is 19.3 Å². The minimum atomic E-state index is -1.64. The summed E-state index contributed by atoms with van der Waals surface area (Å²) in [6.45, 7) is 1.40. The number of methoxy groups -OCH3 is 3. The minimum Gasteiger partial charge on any atom is -0.497 e. The molecule has 1 aliphatic carbocycles. The molecule has 1 aromatic rings. The van der Waals surface area contributed by atoms with Gasteiger partial charge in [-0.25, -0.2) is 0 Å². The highest BCUT2D eigenvalue weighted by Crippen LogP contribution is 2.46. The van der Waals surface area contributed by atoms with Gasteiger partial charge in [0.15, 0.2) is 5.78 Å². The largest absolute Gasteiger partial charge is 0.497 e. The molecule has 136 valence electrons. The number of carbonyl (C=O) groups excluding carboxylic acids is 3. The average Bonchev–Trinajstić information content (AvgIpc) is 2.59. The molecule has 1 saturated carbocycles. The number of Topliss-reactive ketones (excluding diaryl/α,β-unsaturated/α-hetero) is 1. The maximum atomic E-state index is 12.5. The monoisotopic (exact) mass is 350 g/mol. The Bertz CT molecular complexity index is 663. The molecule has 1 aromatic carbocycles. The van der Waals surface area contributed by atoms with E-state index in [1.165, 1.54) is 28.3 Å². The van der Waals surface area contributed by atoms with E-state index in [9.17, 15) is 19.5 Å². The molecule has 0 unspecified atom stereocenters. The molecule has 0 aliphatic heterocycles. The lowest BCUT2D eigenvalue weighted by Crippen LogP contribution is -2.55. The van der Waals surface area contributed by atoms with E-state index in [1.807, 2.05) is 0 Å². The predicted octanol–water partition coefficient (Wildman–Crippen LogP) is 1.08. The third-order valence-corrected chi connectivity index (χ3v) is 4.68. The molecule has 7 nitrogen and oxygen atoms in total. The van der Waals surface area contributed by atoms with Crippen LogP contribution < -0.4 is 4.74 Å². The Hall–Kier alpha value is -2.41. The van der Waals surface area contributed by atoms with Crippen LogP contribution in [0.1, 0.15) is 24.8 Å². The van der Waals surface area contributed by atoms with Crippen LogP contribution in [0.25, 0.3) is 0 Å². The highest BCUT2D eigenvalue weighted by molar-refractivity contribution is 6.02. The molecule has 1 fully saturated rings. The first-order valence-electron chi connectivity index (χ1n) is 7.81. The quantitative estimate of drug-likeness (QED) is 0.641. The molecule has 25 heavy (non-hydrogen) atoms. The maximum absolute atomic E-state index is 12.5. The number of ether oxygens (including phenoxy) is 3. The topological polar surface area (TPSA) is 99.1 Å². The van der Waals surface area contributed by atoms with Gasteiger partial charge in [-0.05, 0) is 24.6 Å². The zero-order valence-corrected chi connectivity index (χ0v) is 14.6. The predicted molar refractivity (Wildman–Crippen MR) is 87.0 cm³/mol. The summed E-state index contributed by atoms with van der Waals surface area (Å²) in [4.78, 5) is 37.2. The highest BCUT2D eigenvalue weighted by atomic mass is 16.5. The highest BCUT2D eigenvalue weighted by Gasteiger charge is 2.56. The van der Waals surface area contributed by atoms with Crippen molar-refractivity contribution in [3.05, 3.63) is 29.8 Å². The summed E-state index contributed by atoms with van der Waals surface area (Å²) in [5, 5.41) is 10.7. The van der Waals surface area contributed by atoms with E-state index in [2.05, 4.69) is 0 Å². The normalized spacial score (nSPS) is 29.0. The number of benzene rings is 1. The number of hydrogen-bond acceptors (Lipinski definition) is 7. The van der Waals surface area contributed by atoms with E-state index in [4.69, 9.17) is 14.2 Å². The van der Waals surface area contributed by atoms with Gasteiger partial charge in [0, 0.05) is 12.3 Å². The lowest BCUT2D eigenvalue weighted by atomic mass is 9.62. The molecule has 0 bridgehead atoms. The van der Waals surface area contributed by atoms with Crippen molar-refractivity contribution in [2.24, 2.45) is 11.8 Å². The van der Waals surface area contributed by atoms with Gasteiger partial charge in [-0.2, -0.15) is 0 Å². The van der Waals surface area contributed by atoms with Crippen molar-refractivity contribution in [3.63, 3.8) is 0 Å². The molecule has 1 N–H and O–H groups in total. The van der Waals surface area contributed by atoms with Crippen LogP contribution in [0.5, 0.6) is 5.75 Å². The van der Waals surface area contributed by atoms with Crippen LogP contribution >= 0.6 is 0 Å². The van der Waals surface area contributed by atoms with E-state index >= 15 is 0 Å². The maximum Gasteiger partial charge on any atom is 0.316 e. The van der Waals surface area contributed by atoms with Crippen molar-refractivity contribution >= 4 is 17.7 Å². The average molecular weight is 350 g/mol. The first kappa shape index (κ1) is 18.9. The Labute approximate surface area is 145 Å². The van der Waals surface area contributed by atoms with Crippen LogP contribution in [0.15, 0.2) is 24.3 Å². The second kappa shape index (κ2) is 7.23. The Kier molecular flexibility index (Phi) is 5.47. The Morgan fingerprint density at radius 1 is 1.08 bits per heavy atom. The standard InChI is InChI=1S/C18H22O7/c1-18(22)9-12(19)14(16(20)24-3)13(15(18)17(21)25-4)10-5-7-11(23-2)8-6-10/h5-8,13-15,22H,9H2,1-4H3/t13-,14-,15-,18-/m0/s1. The summed E-state index contributed by atoms with van der Waals surface area (Å²) in [6, 6.07) is 6.63. The van der Waals surface area contributed by atoms with Crippen molar-refractivity contribution in [3.8, 4) is 5.75 Å². The summed E-state index contributed by atoms with van der Waals surface area (Å²) in [6.07, 6.45) is -0.334. The van der Waals surface area contributed by atoms with Gasteiger partial charge in [0.25, 0.3) is 0 Å². The number of aliphatic hydroxyl groups is 1. The van der Waals surface area contributed by atoms with Crippen molar-refractivity contribution in [1.82, 2.24) is 0 Å². The molecule has 4 atom stereocenters. The SMILES string of the molecule is COC(=O)[C@H]1C(=O)C[C@](C)(O)[C@H](C(=O)OC)[C@H]1c1ccc(OC)cc1. The van der Waals surface area contributed by atoms with Crippen LogP contribution in [0, 0.1) is 11.8 Å². The molecule has 0 saturated heterocycles. The number of carbonyl (C=O) groups is 3. The molecule has 1 aliphatic rings. The first-order chi connectivity index (χ1) is 11.8. The van der Waals surface area contributed by atoms with Crippen molar-refractivity contribution in [1.29, 1.82) is 0 Å². The summed E-state index contributed by atoms with van der Waals surface area (Å²) in [5.41, 5.74) is -1.10. The van der Waals surface area contributed by atoms with E-state index in [-0.39, 0.29) is 6.42 Å². The Morgan fingerprint density at radius 3 is 2.12 bits per heavy atom. The first-order valence-corrected chi connectivity index (χ1v) is 7.81. The van der Waals surface area contributed by atoms with Gasteiger partial charge in [0.1, 0.15) is 11.7 Å². The van der Waals surface area contributed by atoms with Crippen molar-refractivity contribution in [2.75, 3.05) is 21.3 Å². The molecular formula is C18H22O7. The van der Waals surface area contributed by atoms with Crippen LogP contribution in [-0.4, -0.2) is 49.8 Å². The second-order valence-electron chi connectivity index (χ2n) is 6.30. The molecule has 0 radical (unpaired) electrons. The summed E-state index contributed by atoms with van der Waals surface area (Å²) < 4.78 is 14.7. The third kappa shape index (κ3) is 3.51. The molecule has 7 heteroatoms. The fourth-order valence-corrected chi connectivity index (χ4v) is 3.50. The zero-order chi connectivity index (χ0) is 18.8. The van der Waals surface area contributed by atoms with Crippen LogP contribution in [-0.2, 0) is 23.9 Å². The number of ketones is 1. The fourth-order valence-electron chi connectivity index (χ4n) is 3.50. The second-order valence-corrected chi connectivity index (χ2v) is 6.30. The lowest BCUT2D eigenvalue weighted by molar-refractivity contribution is -0.170. The molecule has 0 heterocycles. The number of esters is 2. The van der Waals surface area contributed by atoms with Crippen LogP contribution in [0.3, 0.4) is 0 Å². The van der Waals surface area contributed by atoms with Crippen molar-refractivity contribution < 1.29 is 33.7 Å². The van der Waals surface area contributed by atoms with E-state index in [0.29, 0.717) is 11.3 Å². The zero-order valence-electron chi connectivity index (χ0n) is 14.6. The van der Waals surface area contributed by atoms with Crippen molar-refractivity contribution in [2.45, 2.75) is 24.9 Å². The summed E-state index contributed by atoms with van der Waals surface area (Å²) in [5.74, 6) is -4.50. The van der Waals surface area contributed by atoms with Crippen LogP contribution in [0.2, 0.25) is 0 Å². The van der Waals surface area contributed by atoms with Gasteiger partial charge in [-0.15, -0.1) is 0 Å². The lowest BCUT2D eigenvalue weighted by Gasteiger charge is -2.43. The molecule has 0 amide bonds.